The van der Waals surface area contributed by atoms with Crippen LogP contribution < -0.4 is 4.74 Å². The van der Waals surface area contributed by atoms with Crippen molar-refractivity contribution in [1.29, 1.82) is 0 Å². The zero-order chi connectivity index (χ0) is 9.68. The van der Waals surface area contributed by atoms with Crippen LogP contribution in [0.4, 0.5) is 0 Å². The molecule has 1 aromatic carbocycles. The highest BCUT2D eigenvalue weighted by Gasteiger charge is 2.07. The number of methoxy groups -OCH3 is 1. The predicted octanol–water partition coefficient (Wildman–Crippen LogP) is 2.09. The Morgan fingerprint density at radius 3 is 2.38 bits per heavy atom. The van der Waals surface area contributed by atoms with Crippen LogP contribution in [0.3, 0.4) is 0 Å². The van der Waals surface area contributed by atoms with Gasteiger partial charge in [0.2, 0.25) is 0 Å². The molecule has 1 aromatic rings. The minimum Gasteiger partial charge on any atom is -0.497 e. The zero-order valence-electron chi connectivity index (χ0n) is 7.86. The fraction of sp³-hybridized carbons (Fsp3) is 0.400. The normalized spacial score (nSPS) is 12.5. The van der Waals surface area contributed by atoms with Gasteiger partial charge in [-0.15, -0.1) is 0 Å². The highest BCUT2D eigenvalue weighted by Crippen LogP contribution is 2.26. The van der Waals surface area contributed by atoms with E-state index in [0.29, 0.717) is 0 Å². The lowest BCUT2D eigenvalue weighted by molar-refractivity contribution is 0.296. The molecule has 0 saturated carbocycles. The largest absolute Gasteiger partial charge is 0.497 e. The second-order valence-electron chi connectivity index (χ2n) is 2.68. The Morgan fingerprint density at radius 2 is 2.00 bits per heavy atom. The number of hydrogen-bond donors (Lipinski definition) is 1. The first kappa shape index (κ1) is 10.4. The van der Waals surface area contributed by atoms with E-state index in [2.05, 4.69) is 0 Å². The topological polar surface area (TPSA) is 29.5 Å². The van der Waals surface area contributed by atoms with Gasteiger partial charge in [0.05, 0.1) is 19.0 Å². The molecular formula is C10H14O2S. The number of aliphatic hydroxyl groups excluding tert-OH is 1. The molecule has 1 unspecified atom stereocenters. The Labute approximate surface area is 82.9 Å². The van der Waals surface area contributed by atoms with Gasteiger partial charge in [0.15, 0.2) is 0 Å². The quantitative estimate of drug-likeness (QED) is 0.803. The Bertz CT molecular complexity index is 242. The van der Waals surface area contributed by atoms with Crippen LogP contribution in [0.25, 0.3) is 0 Å². The molecule has 0 bridgehead atoms. The molecule has 0 fully saturated rings. The summed E-state index contributed by atoms with van der Waals surface area (Å²) >= 11 is 1.65. The van der Waals surface area contributed by atoms with Gasteiger partial charge >= 0.3 is 0 Å². The van der Waals surface area contributed by atoms with Crippen molar-refractivity contribution < 1.29 is 9.84 Å². The van der Waals surface area contributed by atoms with Crippen LogP contribution >= 0.6 is 11.8 Å². The number of thioether (sulfide) groups is 1. The van der Waals surface area contributed by atoms with E-state index < -0.39 is 0 Å². The van der Waals surface area contributed by atoms with Gasteiger partial charge in [0.1, 0.15) is 5.75 Å². The third-order valence-electron chi connectivity index (χ3n) is 1.94. The lowest BCUT2D eigenvalue weighted by atomic mass is 10.1. The van der Waals surface area contributed by atoms with Crippen LogP contribution in [0.5, 0.6) is 5.75 Å². The van der Waals surface area contributed by atoms with Gasteiger partial charge in [0, 0.05) is 0 Å². The van der Waals surface area contributed by atoms with Crippen molar-refractivity contribution in [3.05, 3.63) is 29.8 Å². The predicted molar refractivity (Wildman–Crippen MR) is 56.3 cm³/mol. The van der Waals surface area contributed by atoms with Gasteiger partial charge in [0.25, 0.3) is 0 Å². The molecule has 1 rings (SSSR count). The van der Waals surface area contributed by atoms with Crippen LogP contribution in [0.15, 0.2) is 24.3 Å². The summed E-state index contributed by atoms with van der Waals surface area (Å²) in [5.74, 6) is 0.849. The summed E-state index contributed by atoms with van der Waals surface area (Å²) in [4.78, 5) is 0. The van der Waals surface area contributed by atoms with Gasteiger partial charge in [-0.25, -0.2) is 0 Å². The van der Waals surface area contributed by atoms with Crippen LogP contribution in [-0.2, 0) is 0 Å². The number of hydrogen-bond acceptors (Lipinski definition) is 3. The average molecular weight is 198 g/mol. The molecule has 2 nitrogen and oxygen atoms in total. The summed E-state index contributed by atoms with van der Waals surface area (Å²) in [6.45, 7) is 0.174. The number of rotatable bonds is 4. The minimum atomic E-state index is 0.172. The zero-order valence-corrected chi connectivity index (χ0v) is 8.67. The molecule has 72 valence electrons. The van der Waals surface area contributed by atoms with Crippen LogP contribution in [0, 0.1) is 0 Å². The van der Waals surface area contributed by atoms with Gasteiger partial charge < -0.3 is 9.84 Å². The lowest BCUT2D eigenvalue weighted by Gasteiger charge is -2.11. The third kappa shape index (κ3) is 2.64. The molecular weight excluding hydrogens is 184 g/mol. The Balaban J connectivity index is 2.78. The summed E-state index contributed by atoms with van der Waals surface area (Å²) in [6, 6.07) is 7.79. The molecule has 0 saturated heterocycles. The van der Waals surface area contributed by atoms with E-state index in [0.717, 1.165) is 11.3 Å². The fourth-order valence-corrected chi connectivity index (χ4v) is 1.71. The first-order chi connectivity index (χ1) is 6.31. The van der Waals surface area contributed by atoms with E-state index in [1.54, 1.807) is 18.9 Å². The molecule has 1 atom stereocenters. The molecule has 0 radical (unpaired) electrons. The molecule has 0 aliphatic heterocycles. The summed E-state index contributed by atoms with van der Waals surface area (Å²) in [7, 11) is 1.65. The smallest absolute Gasteiger partial charge is 0.118 e. The van der Waals surface area contributed by atoms with E-state index in [1.165, 1.54) is 0 Å². The van der Waals surface area contributed by atoms with E-state index in [-0.39, 0.29) is 11.9 Å². The lowest BCUT2D eigenvalue weighted by Crippen LogP contribution is -1.98. The molecule has 13 heavy (non-hydrogen) atoms. The van der Waals surface area contributed by atoms with Crippen molar-refractivity contribution in [3.63, 3.8) is 0 Å². The van der Waals surface area contributed by atoms with Gasteiger partial charge in [-0.3, -0.25) is 0 Å². The Hall–Kier alpha value is -0.670. The average Bonchev–Trinajstić information content (AvgIpc) is 2.21. The minimum absolute atomic E-state index is 0.172. The molecule has 1 N–H and O–H groups in total. The summed E-state index contributed by atoms with van der Waals surface area (Å²) in [6.07, 6.45) is 1.99. The summed E-state index contributed by atoms with van der Waals surface area (Å²) < 4.78 is 5.05. The molecule has 0 amide bonds. The van der Waals surface area contributed by atoms with Crippen LogP contribution in [0.1, 0.15) is 10.8 Å². The molecule has 0 spiro atoms. The Morgan fingerprint density at radius 1 is 1.38 bits per heavy atom. The SMILES string of the molecule is COc1ccc(C(CO)SC)cc1. The maximum atomic E-state index is 9.05. The number of ether oxygens (including phenoxy) is 1. The molecule has 0 aliphatic carbocycles. The van der Waals surface area contributed by atoms with E-state index in [9.17, 15) is 0 Å². The first-order valence-electron chi connectivity index (χ1n) is 4.09. The maximum absolute atomic E-state index is 9.05. The van der Waals surface area contributed by atoms with Crippen molar-refractivity contribution >= 4 is 11.8 Å². The number of benzene rings is 1. The molecule has 0 aromatic heterocycles. The fourth-order valence-electron chi connectivity index (χ4n) is 1.13. The monoisotopic (exact) mass is 198 g/mol. The molecule has 0 aliphatic rings. The highest BCUT2D eigenvalue weighted by molar-refractivity contribution is 7.98. The van der Waals surface area contributed by atoms with E-state index in [1.807, 2.05) is 30.5 Å². The summed E-state index contributed by atoms with van der Waals surface area (Å²) in [5, 5.41) is 9.23. The van der Waals surface area contributed by atoms with Crippen LogP contribution in [-0.4, -0.2) is 25.1 Å². The van der Waals surface area contributed by atoms with Gasteiger partial charge in [-0.1, -0.05) is 12.1 Å². The van der Waals surface area contributed by atoms with Crippen LogP contribution in [0.2, 0.25) is 0 Å². The molecule has 3 heteroatoms. The highest BCUT2D eigenvalue weighted by atomic mass is 32.2. The second kappa shape index (κ2) is 5.14. The summed E-state index contributed by atoms with van der Waals surface area (Å²) in [5.41, 5.74) is 1.14. The van der Waals surface area contributed by atoms with Crippen molar-refractivity contribution in [2.75, 3.05) is 20.0 Å². The van der Waals surface area contributed by atoms with Gasteiger partial charge in [-0.05, 0) is 24.0 Å². The first-order valence-corrected chi connectivity index (χ1v) is 5.38. The van der Waals surface area contributed by atoms with E-state index >= 15 is 0 Å². The van der Waals surface area contributed by atoms with Crippen molar-refractivity contribution in [3.8, 4) is 5.75 Å². The third-order valence-corrected chi connectivity index (χ3v) is 2.93. The van der Waals surface area contributed by atoms with E-state index in [4.69, 9.17) is 9.84 Å². The van der Waals surface area contributed by atoms with Crippen molar-refractivity contribution in [2.45, 2.75) is 5.25 Å². The van der Waals surface area contributed by atoms with Crippen molar-refractivity contribution in [1.82, 2.24) is 0 Å². The Kier molecular flexibility index (Phi) is 4.12. The van der Waals surface area contributed by atoms with Gasteiger partial charge in [-0.2, -0.15) is 11.8 Å². The second-order valence-corrected chi connectivity index (χ2v) is 3.72. The number of aliphatic hydroxyl groups is 1. The molecule has 0 heterocycles. The maximum Gasteiger partial charge on any atom is 0.118 e. The van der Waals surface area contributed by atoms with Crippen molar-refractivity contribution in [2.24, 2.45) is 0 Å². The standard InChI is InChI=1S/C10H14O2S/c1-12-9-5-3-8(4-6-9)10(7-11)13-2/h3-6,10-11H,7H2,1-2H3.